The summed E-state index contributed by atoms with van der Waals surface area (Å²) in [6.45, 7) is 21.3. The molecule has 2 fully saturated rings. The van der Waals surface area contributed by atoms with E-state index in [1.807, 2.05) is 12.3 Å². The summed E-state index contributed by atoms with van der Waals surface area (Å²) in [7, 11) is -3.43. The van der Waals surface area contributed by atoms with Crippen LogP contribution in [-0.4, -0.2) is 69.4 Å². The van der Waals surface area contributed by atoms with Gasteiger partial charge < -0.3 is 8.85 Å². The summed E-state index contributed by atoms with van der Waals surface area (Å²) < 4.78 is 14.0. The fraction of sp³-hybridized carbons (Fsp3) is 0.800. The highest BCUT2D eigenvalue weighted by atomic mass is 32.2. The van der Waals surface area contributed by atoms with Crippen LogP contribution in [0.4, 0.5) is 0 Å². The van der Waals surface area contributed by atoms with E-state index in [-0.39, 0.29) is 27.7 Å². The average molecular weight is 526 g/mol. The maximum absolute atomic E-state index is 14.8. The maximum atomic E-state index is 14.8. The molecule has 1 heterocycles. The van der Waals surface area contributed by atoms with Crippen molar-refractivity contribution < 1.29 is 23.2 Å². The molecule has 5 atom stereocenters. The first kappa shape index (κ1) is 27.8. The Morgan fingerprint density at radius 1 is 0.941 bits per heavy atom. The topological polar surface area (TPSA) is 72.9 Å². The molecule has 3 aliphatic carbocycles. The summed E-state index contributed by atoms with van der Waals surface area (Å²) in [6, 6.07) is 0. The van der Waals surface area contributed by atoms with Crippen LogP contribution >= 0.6 is 11.8 Å². The van der Waals surface area contributed by atoms with Crippen LogP contribution in [0.25, 0.3) is 0 Å². The van der Waals surface area contributed by atoms with E-state index < -0.39 is 45.6 Å². The van der Waals surface area contributed by atoms with Crippen molar-refractivity contribution in [1.82, 2.24) is 4.90 Å². The van der Waals surface area contributed by atoms with E-state index in [1.165, 1.54) is 11.9 Å². The third-order valence-corrected chi connectivity index (χ3v) is 18.7. The lowest BCUT2D eigenvalue weighted by atomic mass is 9.54. The molecule has 0 aromatic carbocycles. The van der Waals surface area contributed by atoms with Crippen molar-refractivity contribution in [2.24, 2.45) is 17.8 Å². The van der Waals surface area contributed by atoms with Gasteiger partial charge in [-0.3, -0.25) is 19.3 Å². The van der Waals surface area contributed by atoms with Gasteiger partial charge in [-0.05, 0) is 48.6 Å². The molecule has 0 spiro atoms. The Balaban J connectivity index is 2.29. The van der Waals surface area contributed by atoms with Gasteiger partial charge in [0.2, 0.25) is 11.8 Å². The third kappa shape index (κ3) is 3.76. The standard InChI is InChI=1S/C25H43NO5SSi2/c1-22(2,3)33(9,10)30-24-14-13-16(17-18(24)20(28)26(7)19(17)27)25(15-32-8,21(24)29)31-34(11,12)23(4,5)6/h13-14,16-18H,15H2,1-12H3/t16-,17+,18-,24-,25+/m1/s1. The van der Waals surface area contributed by atoms with Crippen molar-refractivity contribution in [3.8, 4) is 0 Å². The van der Waals surface area contributed by atoms with E-state index in [0.29, 0.717) is 5.75 Å². The Morgan fingerprint density at radius 2 is 1.44 bits per heavy atom. The average Bonchev–Trinajstić information content (AvgIpc) is 2.89. The van der Waals surface area contributed by atoms with Crippen LogP contribution in [0.15, 0.2) is 12.2 Å². The van der Waals surface area contributed by atoms with Crippen molar-refractivity contribution in [3.05, 3.63) is 12.2 Å². The van der Waals surface area contributed by atoms with Gasteiger partial charge in [0.25, 0.3) is 0 Å². The number of ketones is 1. The van der Waals surface area contributed by atoms with Gasteiger partial charge in [-0.1, -0.05) is 47.6 Å². The van der Waals surface area contributed by atoms with Crippen LogP contribution in [0.3, 0.4) is 0 Å². The first-order chi connectivity index (χ1) is 15.2. The number of carbonyl (C=O) groups is 3. The molecule has 9 heteroatoms. The molecule has 4 aliphatic rings. The number of carbonyl (C=O) groups excluding carboxylic acids is 3. The molecule has 1 aliphatic heterocycles. The Bertz CT molecular complexity index is 935. The Kier molecular flexibility index (Phi) is 6.66. The zero-order valence-electron chi connectivity index (χ0n) is 23.0. The van der Waals surface area contributed by atoms with E-state index in [2.05, 4.69) is 67.7 Å². The van der Waals surface area contributed by atoms with Crippen molar-refractivity contribution in [2.75, 3.05) is 19.1 Å². The van der Waals surface area contributed by atoms with E-state index in [0.717, 1.165) is 0 Å². The predicted molar refractivity (Wildman–Crippen MR) is 143 cm³/mol. The molecular weight excluding hydrogens is 483 g/mol. The Hall–Kier alpha value is -0.746. The molecule has 6 nitrogen and oxygen atoms in total. The lowest BCUT2D eigenvalue weighted by molar-refractivity contribution is -0.177. The molecule has 0 aromatic rings. The molecule has 1 saturated carbocycles. The van der Waals surface area contributed by atoms with Gasteiger partial charge in [0.15, 0.2) is 22.4 Å². The normalized spacial score (nSPS) is 34.3. The number of thioether (sulfide) groups is 1. The minimum Gasteiger partial charge on any atom is -0.403 e. The highest BCUT2D eigenvalue weighted by molar-refractivity contribution is 7.98. The molecule has 2 bridgehead atoms. The van der Waals surface area contributed by atoms with Gasteiger partial charge in [-0.2, -0.15) is 11.8 Å². The molecular formula is C25H43NO5SSi2. The summed E-state index contributed by atoms with van der Waals surface area (Å²) >= 11 is 1.55. The monoisotopic (exact) mass is 525 g/mol. The number of rotatable bonds is 6. The fourth-order valence-electron chi connectivity index (χ4n) is 5.11. The summed E-state index contributed by atoms with van der Waals surface area (Å²) in [5, 5.41) is -0.308. The van der Waals surface area contributed by atoms with Gasteiger partial charge in [0.1, 0.15) is 11.2 Å². The largest absolute Gasteiger partial charge is 0.403 e. The van der Waals surface area contributed by atoms with Crippen molar-refractivity contribution >= 4 is 46.0 Å². The second-order valence-corrected chi connectivity index (χ2v) is 23.6. The number of likely N-dealkylation sites (tertiary alicyclic amines) is 1. The number of hydrogen-bond donors (Lipinski definition) is 0. The van der Waals surface area contributed by atoms with Gasteiger partial charge in [-0.15, -0.1) is 0 Å². The highest BCUT2D eigenvalue weighted by Crippen LogP contribution is 2.60. The molecule has 1 saturated heterocycles. The van der Waals surface area contributed by atoms with Crippen LogP contribution in [0.1, 0.15) is 41.5 Å². The van der Waals surface area contributed by atoms with Crippen LogP contribution < -0.4 is 0 Å². The second kappa shape index (κ2) is 8.13. The Labute approximate surface area is 211 Å². The van der Waals surface area contributed by atoms with Gasteiger partial charge >= 0.3 is 0 Å². The maximum Gasteiger partial charge on any atom is 0.236 e. The van der Waals surface area contributed by atoms with Gasteiger partial charge in [0, 0.05) is 18.7 Å². The van der Waals surface area contributed by atoms with Crippen LogP contribution in [-0.2, 0) is 23.2 Å². The SMILES string of the molecule is CSC[C@@]1(O[Si](C)(C)C(C)(C)C)C(=O)[C@@]2(O[Si](C)(C)C(C)(C)C)C=C[C@@H]1[C@@H]1C(=O)N(C)C(=O)[C@@H]12. The van der Waals surface area contributed by atoms with E-state index in [1.54, 1.807) is 17.8 Å². The van der Waals surface area contributed by atoms with Gasteiger partial charge in [0.05, 0.1) is 11.8 Å². The highest BCUT2D eigenvalue weighted by Gasteiger charge is 2.76. The molecule has 2 amide bonds. The molecule has 192 valence electrons. The number of hydrogen-bond acceptors (Lipinski definition) is 6. The minimum atomic E-state index is -2.52. The first-order valence-electron chi connectivity index (χ1n) is 12.2. The number of Topliss-reactive ketones (excluding diaryl/α,β-unsaturated/α-hetero) is 1. The molecule has 4 rings (SSSR count). The quantitative estimate of drug-likeness (QED) is 0.280. The molecule has 0 radical (unpaired) electrons. The van der Waals surface area contributed by atoms with Crippen molar-refractivity contribution in [3.63, 3.8) is 0 Å². The summed E-state index contributed by atoms with van der Waals surface area (Å²) in [5.74, 6) is -2.27. The fourth-order valence-corrected chi connectivity index (χ4v) is 8.98. The predicted octanol–water partition coefficient (Wildman–Crippen LogP) is 4.87. The van der Waals surface area contributed by atoms with Crippen molar-refractivity contribution in [2.45, 2.75) is 89.0 Å². The lowest BCUT2D eigenvalue weighted by Crippen LogP contribution is -2.76. The zero-order valence-corrected chi connectivity index (χ0v) is 25.8. The molecule has 0 unspecified atom stereocenters. The van der Waals surface area contributed by atoms with Crippen molar-refractivity contribution in [1.29, 1.82) is 0 Å². The summed E-state index contributed by atoms with van der Waals surface area (Å²) in [4.78, 5) is 42.9. The van der Waals surface area contributed by atoms with E-state index >= 15 is 0 Å². The molecule has 34 heavy (non-hydrogen) atoms. The molecule has 0 aromatic heterocycles. The first-order valence-corrected chi connectivity index (χ1v) is 19.4. The van der Waals surface area contributed by atoms with Crippen LogP contribution in [0.2, 0.25) is 36.3 Å². The van der Waals surface area contributed by atoms with Crippen LogP contribution in [0.5, 0.6) is 0 Å². The molecule has 0 N–H and O–H groups in total. The smallest absolute Gasteiger partial charge is 0.236 e. The summed E-state index contributed by atoms with van der Waals surface area (Å²) in [6.07, 6.45) is 5.73. The van der Waals surface area contributed by atoms with E-state index in [4.69, 9.17) is 8.85 Å². The lowest BCUT2D eigenvalue weighted by Gasteiger charge is -2.60. The second-order valence-electron chi connectivity index (χ2n) is 13.3. The third-order valence-electron chi connectivity index (χ3n) is 9.08. The number of imide groups is 1. The number of nitrogens with zero attached hydrogens (tertiary/aromatic N) is 1. The van der Waals surface area contributed by atoms with E-state index in [9.17, 15) is 14.4 Å². The van der Waals surface area contributed by atoms with Gasteiger partial charge in [-0.25, -0.2) is 0 Å². The minimum absolute atomic E-state index is 0.127. The number of amides is 2. The number of fused-ring (bicyclic) bond motifs is 1. The zero-order chi connectivity index (χ0) is 26.3. The Morgan fingerprint density at radius 3 is 1.91 bits per heavy atom. The summed E-state index contributed by atoms with van der Waals surface area (Å²) in [5.41, 5.74) is -2.69. The van der Waals surface area contributed by atoms with Crippen LogP contribution in [0, 0.1) is 17.8 Å².